The van der Waals surface area contributed by atoms with Gasteiger partial charge in [-0.2, -0.15) is 5.10 Å². The van der Waals surface area contributed by atoms with Crippen LogP contribution >= 0.6 is 0 Å². The number of nitrogens with zero attached hydrogens (tertiary/aromatic N) is 4. The molecule has 1 fully saturated rings. The van der Waals surface area contributed by atoms with E-state index in [9.17, 15) is 14.7 Å². The first kappa shape index (κ1) is 23.2. The van der Waals surface area contributed by atoms with Crippen LogP contribution in [-0.4, -0.2) is 69.8 Å². The van der Waals surface area contributed by atoms with E-state index in [-0.39, 0.29) is 23.1 Å². The molecule has 3 aromatic carbocycles. The number of ether oxygens (including phenoxy) is 1. The quantitative estimate of drug-likeness (QED) is 0.467. The van der Waals surface area contributed by atoms with Crippen molar-refractivity contribution >= 4 is 11.8 Å². The van der Waals surface area contributed by atoms with Gasteiger partial charge in [0, 0.05) is 31.7 Å². The van der Waals surface area contributed by atoms with Crippen LogP contribution in [0.5, 0.6) is 11.5 Å². The first-order chi connectivity index (χ1) is 17.5. The Balaban J connectivity index is 1.37. The van der Waals surface area contributed by atoms with E-state index in [2.05, 4.69) is 5.10 Å². The van der Waals surface area contributed by atoms with Gasteiger partial charge in [0.05, 0.1) is 24.1 Å². The van der Waals surface area contributed by atoms with E-state index < -0.39 is 0 Å². The Labute approximate surface area is 209 Å². The average molecular weight is 483 g/mol. The van der Waals surface area contributed by atoms with Crippen molar-refractivity contribution in [2.75, 3.05) is 33.3 Å². The SMILES string of the molecule is COc1ccc(-c2cc(C(=O)N3CCN(C(=O)c4ccccc4O)CC3)nn2-c2ccccc2)cc1. The molecule has 0 radical (unpaired) electrons. The Kier molecular flexibility index (Phi) is 6.40. The zero-order valence-corrected chi connectivity index (χ0v) is 19.9. The molecule has 2 heterocycles. The standard InChI is InChI=1S/C28H26N4O4/c1-36-22-13-11-20(12-14-22)25-19-24(29-32(25)21-7-3-2-4-8-21)28(35)31-17-15-30(16-18-31)27(34)23-9-5-6-10-26(23)33/h2-14,19,33H,15-18H2,1H3. The number of para-hydroxylation sites is 2. The number of amides is 2. The summed E-state index contributed by atoms with van der Waals surface area (Å²) in [4.78, 5) is 29.6. The molecule has 182 valence electrons. The lowest BCUT2D eigenvalue weighted by Gasteiger charge is -2.34. The lowest BCUT2D eigenvalue weighted by atomic mass is 10.1. The van der Waals surface area contributed by atoms with Gasteiger partial charge in [0.1, 0.15) is 11.5 Å². The molecule has 4 aromatic rings. The number of carbonyl (C=O) groups excluding carboxylic acids is 2. The smallest absolute Gasteiger partial charge is 0.274 e. The number of hydrogen-bond acceptors (Lipinski definition) is 5. The van der Waals surface area contributed by atoms with Crippen LogP contribution in [0.4, 0.5) is 0 Å². The van der Waals surface area contributed by atoms with Crippen LogP contribution in [0.3, 0.4) is 0 Å². The van der Waals surface area contributed by atoms with E-state index in [4.69, 9.17) is 4.74 Å². The normalized spacial score (nSPS) is 13.5. The average Bonchev–Trinajstić information content (AvgIpc) is 3.39. The van der Waals surface area contributed by atoms with Gasteiger partial charge in [0.25, 0.3) is 11.8 Å². The van der Waals surface area contributed by atoms with Crippen molar-refractivity contribution in [1.29, 1.82) is 0 Å². The van der Waals surface area contributed by atoms with Crippen LogP contribution in [0.2, 0.25) is 0 Å². The summed E-state index contributed by atoms with van der Waals surface area (Å²) in [6, 6.07) is 25.6. The zero-order chi connectivity index (χ0) is 25.1. The number of aromatic hydroxyl groups is 1. The molecule has 1 N–H and O–H groups in total. The number of aromatic nitrogens is 2. The van der Waals surface area contributed by atoms with Crippen LogP contribution in [0, 0.1) is 0 Å². The van der Waals surface area contributed by atoms with Crippen LogP contribution in [0.15, 0.2) is 84.9 Å². The van der Waals surface area contributed by atoms with Crippen molar-refractivity contribution in [1.82, 2.24) is 19.6 Å². The van der Waals surface area contributed by atoms with Gasteiger partial charge in [0.2, 0.25) is 0 Å². The molecule has 0 unspecified atom stereocenters. The fourth-order valence-electron chi connectivity index (χ4n) is 4.32. The highest BCUT2D eigenvalue weighted by Crippen LogP contribution is 2.27. The van der Waals surface area contributed by atoms with Gasteiger partial charge >= 0.3 is 0 Å². The Morgan fingerprint density at radius 3 is 2.06 bits per heavy atom. The van der Waals surface area contributed by atoms with Crippen molar-refractivity contribution in [3.63, 3.8) is 0 Å². The molecule has 0 aliphatic carbocycles. The fourth-order valence-corrected chi connectivity index (χ4v) is 4.32. The number of methoxy groups -OCH3 is 1. The van der Waals surface area contributed by atoms with Crippen LogP contribution in [0.1, 0.15) is 20.8 Å². The lowest BCUT2D eigenvalue weighted by molar-refractivity contribution is 0.0530. The topological polar surface area (TPSA) is 87.9 Å². The monoisotopic (exact) mass is 482 g/mol. The summed E-state index contributed by atoms with van der Waals surface area (Å²) < 4.78 is 7.05. The van der Waals surface area contributed by atoms with Crippen molar-refractivity contribution in [3.8, 4) is 28.4 Å². The van der Waals surface area contributed by atoms with Crippen LogP contribution < -0.4 is 4.74 Å². The second-order valence-corrected chi connectivity index (χ2v) is 8.49. The highest BCUT2D eigenvalue weighted by Gasteiger charge is 2.28. The predicted molar refractivity (Wildman–Crippen MR) is 135 cm³/mol. The summed E-state index contributed by atoms with van der Waals surface area (Å²) in [5.41, 5.74) is 3.15. The molecule has 5 rings (SSSR count). The number of rotatable bonds is 5. The maximum absolute atomic E-state index is 13.4. The van der Waals surface area contributed by atoms with Gasteiger partial charge in [-0.1, -0.05) is 30.3 Å². The van der Waals surface area contributed by atoms with Gasteiger partial charge in [-0.25, -0.2) is 4.68 Å². The minimum Gasteiger partial charge on any atom is -0.507 e. The third-order valence-corrected chi connectivity index (χ3v) is 6.30. The summed E-state index contributed by atoms with van der Waals surface area (Å²) in [5, 5.41) is 14.7. The third kappa shape index (κ3) is 4.53. The van der Waals surface area contributed by atoms with Gasteiger partial charge in [0.15, 0.2) is 5.69 Å². The van der Waals surface area contributed by atoms with Crippen molar-refractivity contribution < 1.29 is 19.4 Å². The fraction of sp³-hybridized carbons (Fsp3) is 0.179. The van der Waals surface area contributed by atoms with E-state index in [1.165, 1.54) is 6.07 Å². The molecule has 2 amide bonds. The summed E-state index contributed by atoms with van der Waals surface area (Å²) in [7, 11) is 1.62. The molecule has 8 heteroatoms. The maximum Gasteiger partial charge on any atom is 0.274 e. The molecule has 0 saturated carbocycles. The van der Waals surface area contributed by atoms with E-state index in [0.717, 1.165) is 22.7 Å². The van der Waals surface area contributed by atoms with Gasteiger partial charge < -0.3 is 19.6 Å². The summed E-state index contributed by atoms with van der Waals surface area (Å²) in [6.07, 6.45) is 0. The van der Waals surface area contributed by atoms with Crippen LogP contribution in [0.25, 0.3) is 16.9 Å². The summed E-state index contributed by atoms with van der Waals surface area (Å²) >= 11 is 0. The molecule has 8 nitrogen and oxygen atoms in total. The Morgan fingerprint density at radius 1 is 0.806 bits per heavy atom. The van der Waals surface area contributed by atoms with Gasteiger partial charge in [-0.05, 0) is 54.6 Å². The minimum absolute atomic E-state index is 0.0430. The van der Waals surface area contributed by atoms with Crippen molar-refractivity contribution in [2.45, 2.75) is 0 Å². The molecule has 1 aromatic heterocycles. The molecule has 1 saturated heterocycles. The second-order valence-electron chi connectivity index (χ2n) is 8.49. The molecule has 0 bridgehead atoms. The third-order valence-electron chi connectivity index (χ3n) is 6.30. The summed E-state index contributed by atoms with van der Waals surface area (Å²) in [5.74, 6) is 0.278. The molecule has 0 spiro atoms. The Morgan fingerprint density at radius 2 is 1.42 bits per heavy atom. The van der Waals surface area contributed by atoms with E-state index in [1.54, 1.807) is 45.9 Å². The zero-order valence-electron chi connectivity index (χ0n) is 19.9. The largest absolute Gasteiger partial charge is 0.507 e. The van der Waals surface area contributed by atoms with Crippen LogP contribution in [-0.2, 0) is 0 Å². The predicted octanol–water partition coefficient (Wildman–Crippen LogP) is 3.85. The molecule has 1 aliphatic heterocycles. The number of hydrogen-bond donors (Lipinski definition) is 1. The summed E-state index contributed by atoms with van der Waals surface area (Å²) in [6.45, 7) is 1.52. The van der Waals surface area contributed by atoms with E-state index in [1.807, 2.05) is 54.6 Å². The highest BCUT2D eigenvalue weighted by molar-refractivity contribution is 5.97. The maximum atomic E-state index is 13.4. The lowest BCUT2D eigenvalue weighted by Crippen LogP contribution is -2.50. The van der Waals surface area contributed by atoms with Crippen molar-refractivity contribution in [2.24, 2.45) is 0 Å². The number of benzene rings is 3. The molecular weight excluding hydrogens is 456 g/mol. The van der Waals surface area contributed by atoms with E-state index >= 15 is 0 Å². The molecule has 0 atom stereocenters. The molecule has 1 aliphatic rings. The molecule has 36 heavy (non-hydrogen) atoms. The first-order valence-corrected chi connectivity index (χ1v) is 11.7. The number of phenolic OH excluding ortho intramolecular Hbond substituents is 1. The second kappa shape index (κ2) is 9.95. The van der Waals surface area contributed by atoms with Gasteiger partial charge in [-0.15, -0.1) is 0 Å². The number of carbonyl (C=O) groups is 2. The van der Waals surface area contributed by atoms with Crippen molar-refractivity contribution in [3.05, 3.63) is 96.2 Å². The highest BCUT2D eigenvalue weighted by atomic mass is 16.5. The number of phenols is 1. The molecular formula is C28H26N4O4. The minimum atomic E-state index is -0.240. The van der Waals surface area contributed by atoms with Gasteiger partial charge in [-0.3, -0.25) is 9.59 Å². The number of piperazine rings is 1. The first-order valence-electron chi connectivity index (χ1n) is 11.7. The Hall–Kier alpha value is -4.59. The van der Waals surface area contributed by atoms with E-state index in [0.29, 0.717) is 31.9 Å². The Bertz CT molecular complexity index is 1370.